The van der Waals surface area contributed by atoms with Crippen LogP contribution in [0.1, 0.15) is 19.8 Å². The van der Waals surface area contributed by atoms with Crippen molar-refractivity contribution in [3.8, 4) is 0 Å². The molecule has 0 aromatic rings. The van der Waals surface area contributed by atoms with Crippen LogP contribution in [0.25, 0.3) is 0 Å². The smallest absolute Gasteiger partial charge is 0.127 e. The lowest BCUT2D eigenvalue weighted by molar-refractivity contribution is -0.0125. The molecule has 0 saturated carbocycles. The van der Waals surface area contributed by atoms with Crippen molar-refractivity contribution >= 4 is 0 Å². The van der Waals surface area contributed by atoms with Gasteiger partial charge >= 0.3 is 0 Å². The average molecular weight is 170 g/mol. The van der Waals surface area contributed by atoms with Crippen molar-refractivity contribution in [2.24, 2.45) is 0 Å². The highest BCUT2D eigenvalue weighted by molar-refractivity contribution is 5.09. The van der Waals surface area contributed by atoms with E-state index in [0.717, 1.165) is 12.8 Å². The number of aliphatic hydroxyl groups is 1. The van der Waals surface area contributed by atoms with Crippen molar-refractivity contribution < 1.29 is 9.84 Å². The van der Waals surface area contributed by atoms with Gasteiger partial charge in [0, 0.05) is 6.61 Å². The standard InChI is InChI=1S/C10H18O2/c1-4-7-8-12-10(5-2,6-3)9-11/h5-6,11H,2-4,7-9H2,1H3. The van der Waals surface area contributed by atoms with Gasteiger partial charge in [0.1, 0.15) is 5.60 Å². The van der Waals surface area contributed by atoms with Crippen LogP contribution in [0.3, 0.4) is 0 Å². The van der Waals surface area contributed by atoms with Gasteiger partial charge in [-0.3, -0.25) is 0 Å². The molecule has 1 N–H and O–H groups in total. The van der Waals surface area contributed by atoms with E-state index < -0.39 is 5.60 Å². The van der Waals surface area contributed by atoms with E-state index in [4.69, 9.17) is 9.84 Å². The summed E-state index contributed by atoms with van der Waals surface area (Å²) in [6, 6.07) is 0. The van der Waals surface area contributed by atoms with Crippen molar-refractivity contribution in [3.05, 3.63) is 25.3 Å². The van der Waals surface area contributed by atoms with E-state index in [-0.39, 0.29) is 6.61 Å². The minimum Gasteiger partial charge on any atom is -0.393 e. The molecule has 0 unspecified atom stereocenters. The number of unbranched alkanes of at least 4 members (excludes halogenated alkanes) is 1. The molecule has 0 aliphatic heterocycles. The first-order chi connectivity index (χ1) is 5.74. The number of hydrogen-bond donors (Lipinski definition) is 1. The third kappa shape index (κ3) is 3.20. The zero-order valence-corrected chi connectivity index (χ0v) is 7.75. The second-order valence-electron chi connectivity index (χ2n) is 2.72. The van der Waals surface area contributed by atoms with Crippen molar-refractivity contribution in [1.82, 2.24) is 0 Å². The molecule has 0 aromatic carbocycles. The Kier molecular flexibility index (Phi) is 5.68. The van der Waals surface area contributed by atoms with Gasteiger partial charge in [0.25, 0.3) is 0 Å². The van der Waals surface area contributed by atoms with Gasteiger partial charge in [0.15, 0.2) is 0 Å². The lowest BCUT2D eigenvalue weighted by Crippen LogP contribution is -2.32. The first-order valence-electron chi connectivity index (χ1n) is 4.26. The highest BCUT2D eigenvalue weighted by atomic mass is 16.5. The fourth-order valence-electron chi connectivity index (χ4n) is 0.782. The zero-order valence-electron chi connectivity index (χ0n) is 7.75. The Labute approximate surface area is 74.6 Å². The minimum atomic E-state index is -0.741. The summed E-state index contributed by atoms with van der Waals surface area (Å²) in [4.78, 5) is 0. The summed E-state index contributed by atoms with van der Waals surface area (Å²) < 4.78 is 5.43. The first kappa shape index (κ1) is 11.4. The van der Waals surface area contributed by atoms with Crippen LogP contribution in [-0.4, -0.2) is 23.9 Å². The van der Waals surface area contributed by atoms with E-state index in [1.807, 2.05) is 0 Å². The number of hydrogen-bond acceptors (Lipinski definition) is 2. The first-order valence-corrected chi connectivity index (χ1v) is 4.26. The van der Waals surface area contributed by atoms with E-state index in [9.17, 15) is 0 Å². The Morgan fingerprint density at radius 1 is 1.42 bits per heavy atom. The predicted molar refractivity (Wildman–Crippen MR) is 51.1 cm³/mol. The lowest BCUT2D eigenvalue weighted by atomic mass is 10.1. The monoisotopic (exact) mass is 170 g/mol. The van der Waals surface area contributed by atoms with E-state index in [1.54, 1.807) is 12.2 Å². The van der Waals surface area contributed by atoms with Crippen LogP contribution in [0.4, 0.5) is 0 Å². The second kappa shape index (κ2) is 5.98. The van der Waals surface area contributed by atoms with E-state index >= 15 is 0 Å². The van der Waals surface area contributed by atoms with E-state index in [0.29, 0.717) is 6.61 Å². The summed E-state index contributed by atoms with van der Waals surface area (Å²) in [5.41, 5.74) is -0.741. The molecular formula is C10H18O2. The molecule has 0 saturated heterocycles. The predicted octanol–water partition coefficient (Wildman–Crippen LogP) is 1.91. The van der Waals surface area contributed by atoms with Crippen molar-refractivity contribution in [1.29, 1.82) is 0 Å². The summed E-state index contributed by atoms with van der Waals surface area (Å²) in [6.07, 6.45) is 5.23. The Balaban J connectivity index is 3.93. The van der Waals surface area contributed by atoms with Crippen LogP contribution >= 0.6 is 0 Å². The zero-order chi connectivity index (χ0) is 9.45. The summed E-state index contributed by atoms with van der Waals surface area (Å²) in [7, 11) is 0. The molecule has 0 aliphatic carbocycles. The van der Waals surface area contributed by atoms with Crippen molar-refractivity contribution in [3.63, 3.8) is 0 Å². The highest BCUT2D eigenvalue weighted by Gasteiger charge is 2.21. The summed E-state index contributed by atoms with van der Waals surface area (Å²) in [6.45, 7) is 9.82. The fraction of sp³-hybridized carbons (Fsp3) is 0.600. The van der Waals surface area contributed by atoms with Crippen LogP contribution in [-0.2, 0) is 4.74 Å². The molecule has 0 spiro atoms. The fourth-order valence-corrected chi connectivity index (χ4v) is 0.782. The minimum absolute atomic E-state index is 0.0935. The van der Waals surface area contributed by atoms with Crippen LogP contribution in [0, 0.1) is 0 Å². The van der Waals surface area contributed by atoms with Crippen LogP contribution in [0.5, 0.6) is 0 Å². The van der Waals surface area contributed by atoms with Crippen LogP contribution in [0.2, 0.25) is 0 Å². The maximum Gasteiger partial charge on any atom is 0.127 e. The number of ether oxygens (including phenoxy) is 1. The van der Waals surface area contributed by atoms with Crippen molar-refractivity contribution in [2.75, 3.05) is 13.2 Å². The van der Waals surface area contributed by atoms with Gasteiger partial charge in [-0.15, -0.1) is 0 Å². The molecule has 2 nitrogen and oxygen atoms in total. The normalized spacial score (nSPS) is 11.2. The molecule has 0 aliphatic rings. The van der Waals surface area contributed by atoms with Gasteiger partial charge in [-0.1, -0.05) is 38.7 Å². The molecule has 0 fully saturated rings. The molecule has 0 amide bonds. The molecule has 0 aromatic heterocycles. The molecule has 12 heavy (non-hydrogen) atoms. The maximum absolute atomic E-state index is 9.01. The largest absolute Gasteiger partial charge is 0.393 e. The van der Waals surface area contributed by atoms with E-state index in [1.165, 1.54) is 0 Å². The molecule has 0 rings (SSSR count). The number of rotatable bonds is 7. The molecule has 0 radical (unpaired) electrons. The van der Waals surface area contributed by atoms with Gasteiger partial charge in [0.05, 0.1) is 6.61 Å². The van der Waals surface area contributed by atoms with Gasteiger partial charge in [-0.2, -0.15) is 0 Å². The SMILES string of the molecule is C=CC(C=C)(CO)OCCCC. The quantitative estimate of drug-likeness (QED) is 0.467. The second-order valence-corrected chi connectivity index (χ2v) is 2.72. The highest BCUT2D eigenvalue weighted by Crippen LogP contribution is 2.13. The average Bonchev–Trinajstić information content (AvgIpc) is 2.14. The van der Waals surface area contributed by atoms with Gasteiger partial charge in [0.2, 0.25) is 0 Å². The Morgan fingerprint density at radius 3 is 2.33 bits per heavy atom. The third-order valence-electron chi connectivity index (χ3n) is 1.81. The molecule has 0 atom stereocenters. The molecule has 0 heterocycles. The van der Waals surface area contributed by atoms with Crippen LogP contribution < -0.4 is 0 Å². The molecule has 2 heteroatoms. The Morgan fingerprint density at radius 2 is 2.00 bits per heavy atom. The number of aliphatic hydroxyl groups excluding tert-OH is 1. The van der Waals surface area contributed by atoms with E-state index in [2.05, 4.69) is 20.1 Å². The Bertz CT molecular complexity index is 133. The van der Waals surface area contributed by atoms with Crippen LogP contribution in [0.15, 0.2) is 25.3 Å². The molecular weight excluding hydrogens is 152 g/mol. The third-order valence-corrected chi connectivity index (χ3v) is 1.81. The van der Waals surface area contributed by atoms with Gasteiger partial charge in [-0.25, -0.2) is 0 Å². The summed E-state index contributed by atoms with van der Waals surface area (Å²) >= 11 is 0. The topological polar surface area (TPSA) is 29.5 Å². The van der Waals surface area contributed by atoms with Gasteiger partial charge < -0.3 is 9.84 Å². The summed E-state index contributed by atoms with van der Waals surface area (Å²) in [5.74, 6) is 0. The lowest BCUT2D eigenvalue weighted by Gasteiger charge is -2.24. The molecule has 70 valence electrons. The Hall–Kier alpha value is -0.600. The molecule has 0 bridgehead atoms. The maximum atomic E-state index is 9.01. The van der Waals surface area contributed by atoms with Gasteiger partial charge in [-0.05, 0) is 6.42 Å². The summed E-state index contributed by atoms with van der Waals surface area (Å²) in [5, 5.41) is 9.01. The van der Waals surface area contributed by atoms with Crippen molar-refractivity contribution in [2.45, 2.75) is 25.4 Å².